The van der Waals surface area contributed by atoms with Crippen LogP contribution in [-0.4, -0.2) is 30.5 Å². The minimum absolute atomic E-state index is 0.0976. The van der Waals surface area contributed by atoms with Crippen molar-refractivity contribution in [1.29, 1.82) is 5.26 Å². The van der Waals surface area contributed by atoms with Crippen LogP contribution in [0.5, 0.6) is 0 Å². The Morgan fingerprint density at radius 3 is 2.62 bits per heavy atom. The number of nitrogens with one attached hydrogen (secondary N) is 1. The molecule has 1 N–H and O–H groups in total. The molecule has 0 saturated heterocycles. The number of thiocyanates is 1. The van der Waals surface area contributed by atoms with Gasteiger partial charge in [0, 0.05) is 5.25 Å². The van der Waals surface area contributed by atoms with Crippen LogP contribution < -0.4 is 5.32 Å². The number of nitrogens with zero attached hydrogens (tertiary/aromatic N) is 1. The monoisotopic (exact) mass is 308 g/mol. The lowest BCUT2D eigenvalue weighted by Crippen LogP contribution is -2.47. The fourth-order valence-corrected chi connectivity index (χ4v) is 2.02. The van der Waals surface area contributed by atoms with E-state index in [1.165, 1.54) is 7.11 Å². The van der Waals surface area contributed by atoms with Gasteiger partial charge in [-0.2, -0.15) is 5.26 Å². The molecule has 1 aromatic carbocycles. The molecule has 1 rings (SSSR count). The molecule has 0 heterocycles. The number of nitriles is 1. The van der Waals surface area contributed by atoms with Crippen molar-refractivity contribution in [2.75, 3.05) is 7.11 Å². The molecule has 0 aliphatic carbocycles. The van der Waals surface area contributed by atoms with Gasteiger partial charge in [-0.15, -0.1) is 0 Å². The van der Waals surface area contributed by atoms with E-state index in [-0.39, 0.29) is 6.61 Å². The van der Waals surface area contributed by atoms with Crippen molar-refractivity contribution < 1.29 is 19.1 Å². The summed E-state index contributed by atoms with van der Waals surface area (Å²) in [6, 6.07) is 8.22. The zero-order valence-corrected chi connectivity index (χ0v) is 12.6. The molecule has 1 amide bonds. The average Bonchev–Trinajstić information content (AvgIpc) is 2.51. The Morgan fingerprint density at radius 1 is 1.38 bits per heavy atom. The minimum atomic E-state index is -0.942. The van der Waals surface area contributed by atoms with E-state index in [0.29, 0.717) is 0 Å². The van der Waals surface area contributed by atoms with Gasteiger partial charge in [0.15, 0.2) is 0 Å². The van der Waals surface area contributed by atoms with Crippen molar-refractivity contribution in [3.63, 3.8) is 0 Å². The van der Waals surface area contributed by atoms with Crippen LogP contribution in [0.25, 0.3) is 0 Å². The van der Waals surface area contributed by atoms with E-state index in [1.807, 2.05) is 35.7 Å². The summed E-state index contributed by atoms with van der Waals surface area (Å²) in [5, 5.41) is 12.5. The largest absolute Gasteiger partial charge is 0.467 e. The van der Waals surface area contributed by atoms with Gasteiger partial charge in [-0.25, -0.2) is 9.59 Å². The van der Waals surface area contributed by atoms with E-state index in [9.17, 15) is 9.59 Å². The van der Waals surface area contributed by atoms with Crippen molar-refractivity contribution in [3.8, 4) is 5.40 Å². The molecule has 1 aromatic rings. The molecule has 112 valence electrons. The third-order valence-electron chi connectivity index (χ3n) is 2.65. The molecule has 0 aromatic heterocycles. The zero-order valence-electron chi connectivity index (χ0n) is 11.7. The molecule has 0 saturated carbocycles. The van der Waals surface area contributed by atoms with Crippen LogP contribution in [0.3, 0.4) is 0 Å². The van der Waals surface area contributed by atoms with Gasteiger partial charge in [0.25, 0.3) is 0 Å². The molecule has 0 radical (unpaired) electrons. The molecule has 6 nitrogen and oxygen atoms in total. The molecule has 0 bridgehead atoms. The van der Waals surface area contributed by atoms with Gasteiger partial charge >= 0.3 is 12.1 Å². The number of hydrogen-bond donors (Lipinski definition) is 1. The summed E-state index contributed by atoms with van der Waals surface area (Å²) in [5.74, 6) is -0.623. The lowest BCUT2D eigenvalue weighted by atomic mass is 10.2. The summed E-state index contributed by atoms with van der Waals surface area (Å²) in [5.41, 5.74) is 0.835. The van der Waals surface area contributed by atoms with Crippen molar-refractivity contribution >= 4 is 23.8 Å². The summed E-state index contributed by atoms with van der Waals surface area (Å²) in [6.07, 6.45) is -0.736. The van der Waals surface area contributed by atoms with E-state index in [0.717, 1.165) is 17.3 Å². The number of carbonyl (C=O) groups excluding carboxylic acids is 2. The second-order valence-electron chi connectivity index (χ2n) is 4.12. The molecular weight excluding hydrogens is 292 g/mol. The Labute approximate surface area is 127 Å². The van der Waals surface area contributed by atoms with E-state index in [2.05, 4.69) is 10.1 Å². The Balaban J connectivity index is 2.56. The average molecular weight is 308 g/mol. The van der Waals surface area contributed by atoms with Gasteiger partial charge < -0.3 is 14.8 Å². The third kappa shape index (κ3) is 5.75. The van der Waals surface area contributed by atoms with E-state index in [4.69, 9.17) is 10.00 Å². The standard InChI is InChI=1S/C14H16N2O4S/c1-10(21-9-15)12(13(17)19-2)16-14(18)20-8-11-6-4-3-5-7-11/h3-7,10,12H,8H2,1-2H3,(H,16,18)/t10-,12-/m0/s1. The Bertz CT molecular complexity index is 515. The fourth-order valence-electron chi connectivity index (χ4n) is 1.54. The van der Waals surface area contributed by atoms with Gasteiger partial charge in [0.05, 0.1) is 7.11 Å². The maximum Gasteiger partial charge on any atom is 0.408 e. The number of thioether (sulfide) groups is 1. The molecule has 2 atom stereocenters. The summed E-state index contributed by atoms with van der Waals surface area (Å²) in [7, 11) is 1.22. The predicted molar refractivity (Wildman–Crippen MR) is 78.2 cm³/mol. The molecule has 21 heavy (non-hydrogen) atoms. The topological polar surface area (TPSA) is 88.4 Å². The summed E-state index contributed by atoms with van der Waals surface area (Å²) in [6.45, 7) is 1.74. The van der Waals surface area contributed by atoms with Crippen LogP contribution in [0.2, 0.25) is 0 Å². The molecular formula is C14H16N2O4S. The van der Waals surface area contributed by atoms with Gasteiger partial charge in [-0.3, -0.25) is 0 Å². The quantitative estimate of drug-likeness (QED) is 0.639. The van der Waals surface area contributed by atoms with Crippen LogP contribution in [0.1, 0.15) is 12.5 Å². The molecule has 0 fully saturated rings. The molecule has 0 aliphatic heterocycles. The Hall–Kier alpha value is -2.20. The first-order chi connectivity index (χ1) is 10.1. The number of amides is 1. The number of ether oxygens (including phenoxy) is 2. The SMILES string of the molecule is COC(=O)[C@@H](NC(=O)OCc1ccccc1)[C@H](C)SC#N. The summed E-state index contributed by atoms with van der Waals surface area (Å²) < 4.78 is 9.64. The lowest BCUT2D eigenvalue weighted by Gasteiger charge is -2.20. The van der Waals surface area contributed by atoms with Gasteiger partial charge in [-0.1, -0.05) is 30.3 Å². The number of benzene rings is 1. The Kier molecular flexibility index (Phi) is 7.12. The summed E-state index contributed by atoms with van der Waals surface area (Å²) in [4.78, 5) is 23.3. The number of methoxy groups -OCH3 is 1. The molecule has 0 spiro atoms. The number of esters is 1. The Morgan fingerprint density at radius 2 is 2.05 bits per heavy atom. The third-order valence-corrected chi connectivity index (χ3v) is 3.40. The normalized spacial score (nSPS) is 12.6. The first-order valence-electron chi connectivity index (χ1n) is 6.18. The maximum absolute atomic E-state index is 11.7. The molecule has 0 unspecified atom stereocenters. The van der Waals surface area contributed by atoms with Gasteiger partial charge in [0.1, 0.15) is 18.0 Å². The first-order valence-corrected chi connectivity index (χ1v) is 7.06. The minimum Gasteiger partial charge on any atom is -0.467 e. The van der Waals surface area contributed by atoms with Crippen LogP contribution in [0, 0.1) is 10.7 Å². The highest BCUT2D eigenvalue weighted by atomic mass is 32.2. The van der Waals surface area contributed by atoms with Crippen molar-refractivity contribution in [2.24, 2.45) is 0 Å². The van der Waals surface area contributed by atoms with Gasteiger partial charge in [-0.05, 0) is 24.2 Å². The van der Waals surface area contributed by atoms with Crippen LogP contribution in [-0.2, 0) is 20.9 Å². The van der Waals surface area contributed by atoms with Crippen LogP contribution >= 0.6 is 11.8 Å². The van der Waals surface area contributed by atoms with Gasteiger partial charge in [0.2, 0.25) is 0 Å². The number of hydrogen-bond acceptors (Lipinski definition) is 6. The predicted octanol–water partition coefficient (Wildman–Crippen LogP) is 2.06. The highest BCUT2D eigenvalue weighted by Gasteiger charge is 2.29. The number of alkyl carbamates (subject to hydrolysis) is 1. The van der Waals surface area contributed by atoms with E-state index in [1.54, 1.807) is 6.92 Å². The summed E-state index contributed by atoms with van der Waals surface area (Å²) >= 11 is 0.874. The van der Waals surface area contributed by atoms with E-state index < -0.39 is 23.4 Å². The molecule has 7 heteroatoms. The fraction of sp³-hybridized carbons (Fsp3) is 0.357. The lowest BCUT2D eigenvalue weighted by molar-refractivity contribution is -0.142. The van der Waals surface area contributed by atoms with E-state index >= 15 is 0 Å². The number of rotatable bonds is 6. The van der Waals surface area contributed by atoms with Crippen molar-refractivity contribution in [3.05, 3.63) is 35.9 Å². The van der Waals surface area contributed by atoms with Crippen LogP contribution in [0.4, 0.5) is 4.79 Å². The highest BCUT2D eigenvalue weighted by Crippen LogP contribution is 2.14. The van der Waals surface area contributed by atoms with Crippen molar-refractivity contribution in [2.45, 2.75) is 24.8 Å². The smallest absolute Gasteiger partial charge is 0.408 e. The van der Waals surface area contributed by atoms with Crippen molar-refractivity contribution in [1.82, 2.24) is 5.32 Å². The maximum atomic E-state index is 11.7. The number of carbonyl (C=O) groups is 2. The van der Waals surface area contributed by atoms with Crippen LogP contribution in [0.15, 0.2) is 30.3 Å². The first kappa shape index (κ1) is 16.9. The zero-order chi connectivity index (χ0) is 15.7. The highest BCUT2D eigenvalue weighted by molar-refractivity contribution is 8.04. The molecule has 0 aliphatic rings. The second-order valence-corrected chi connectivity index (χ2v) is 5.28. The second kappa shape index (κ2) is 8.87.